The average Bonchev–Trinajstić information content (AvgIpc) is 2.66. The van der Waals surface area contributed by atoms with E-state index in [1.54, 1.807) is 18.2 Å². The SMILES string of the molecule is CCC(Cc1ccccc1)(c1cccc(C)c1)c1cccc(CC(F)(F)F)c1. The summed E-state index contributed by atoms with van der Waals surface area (Å²) in [5.41, 5.74) is 4.33. The van der Waals surface area contributed by atoms with Crippen molar-refractivity contribution in [1.29, 1.82) is 0 Å². The van der Waals surface area contributed by atoms with Crippen molar-refractivity contribution in [3.8, 4) is 0 Å². The minimum Gasteiger partial charge on any atom is -0.171 e. The molecule has 0 aliphatic rings. The van der Waals surface area contributed by atoms with Crippen molar-refractivity contribution in [3.05, 3.63) is 107 Å². The van der Waals surface area contributed by atoms with E-state index >= 15 is 0 Å². The second-order valence-corrected chi connectivity index (χ2v) is 7.46. The number of halogens is 3. The molecule has 1 atom stereocenters. The van der Waals surface area contributed by atoms with Crippen molar-refractivity contribution in [2.24, 2.45) is 0 Å². The van der Waals surface area contributed by atoms with Gasteiger partial charge in [0.25, 0.3) is 0 Å². The van der Waals surface area contributed by atoms with Gasteiger partial charge in [0.05, 0.1) is 6.42 Å². The topological polar surface area (TPSA) is 0 Å². The number of hydrogen-bond acceptors (Lipinski definition) is 0. The minimum absolute atomic E-state index is 0.309. The highest BCUT2D eigenvalue weighted by Gasteiger charge is 2.34. The molecule has 0 nitrogen and oxygen atoms in total. The summed E-state index contributed by atoms with van der Waals surface area (Å²) in [6.45, 7) is 4.16. The van der Waals surface area contributed by atoms with Crippen LogP contribution in [-0.2, 0) is 18.3 Å². The van der Waals surface area contributed by atoms with E-state index in [2.05, 4.69) is 31.2 Å². The van der Waals surface area contributed by atoms with Crippen LogP contribution in [-0.4, -0.2) is 6.18 Å². The van der Waals surface area contributed by atoms with Crippen LogP contribution >= 0.6 is 0 Å². The molecule has 3 aromatic carbocycles. The average molecular weight is 382 g/mol. The number of aryl methyl sites for hydroxylation is 1. The fourth-order valence-corrected chi connectivity index (χ4v) is 4.00. The third kappa shape index (κ3) is 4.64. The Bertz CT molecular complexity index is 912. The lowest BCUT2D eigenvalue weighted by molar-refractivity contribution is -0.127. The smallest absolute Gasteiger partial charge is 0.171 e. The Morgan fingerprint density at radius 1 is 0.679 bits per heavy atom. The molecule has 3 rings (SSSR count). The highest BCUT2D eigenvalue weighted by Crippen LogP contribution is 2.40. The van der Waals surface area contributed by atoms with E-state index in [1.807, 2.05) is 43.3 Å². The molecule has 0 fully saturated rings. The van der Waals surface area contributed by atoms with E-state index in [-0.39, 0.29) is 5.41 Å². The van der Waals surface area contributed by atoms with Gasteiger partial charge in [0.15, 0.2) is 0 Å². The van der Waals surface area contributed by atoms with E-state index < -0.39 is 12.6 Å². The van der Waals surface area contributed by atoms with Crippen LogP contribution in [0.25, 0.3) is 0 Å². The zero-order valence-electron chi connectivity index (χ0n) is 16.3. The minimum atomic E-state index is -4.21. The van der Waals surface area contributed by atoms with Crippen LogP contribution in [0.1, 0.15) is 41.2 Å². The molecule has 0 amide bonds. The Labute approximate surface area is 165 Å². The molecule has 0 heterocycles. The second kappa shape index (κ2) is 8.22. The molecule has 0 aliphatic heterocycles. The summed E-state index contributed by atoms with van der Waals surface area (Å²) >= 11 is 0. The lowest BCUT2D eigenvalue weighted by Gasteiger charge is -2.35. The first-order valence-corrected chi connectivity index (χ1v) is 9.60. The molecule has 1 unspecified atom stereocenters. The zero-order chi connectivity index (χ0) is 20.2. The molecule has 0 saturated carbocycles. The molecule has 3 heteroatoms. The van der Waals surface area contributed by atoms with Crippen molar-refractivity contribution in [2.75, 3.05) is 0 Å². The van der Waals surface area contributed by atoms with Crippen LogP contribution < -0.4 is 0 Å². The Morgan fingerprint density at radius 3 is 1.89 bits per heavy atom. The molecule has 0 aliphatic carbocycles. The summed E-state index contributed by atoms with van der Waals surface area (Å²) in [5.74, 6) is 0. The first-order valence-electron chi connectivity index (χ1n) is 9.60. The van der Waals surface area contributed by atoms with Gasteiger partial charge in [-0.15, -0.1) is 0 Å². The van der Waals surface area contributed by atoms with Gasteiger partial charge in [0.1, 0.15) is 0 Å². The predicted molar refractivity (Wildman–Crippen MR) is 109 cm³/mol. The fraction of sp³-hybridized carbons (Fsp3) is 0.280. The highest BCUT2D eigenvalue weighted by atomic mass is 19.4. The normalized spacial score (nSPS) is 13.9. The quantitative estimate of drug-likeness (QED) is 0.429. The van der Waals surface area contributed by atoms with Gasteiger partial charge in [0.2, 0.25) is 0 Å². The van der Waals surface area contributed by atoms with Crippen LogP contribution in [0, 0.1) is 6.92 Å². The number of alkyl halides is 3. The van der Waals surface area contributed by atoms with Crippen LogP contribution in [0.4, 0.5) is 13.2 Å². The first-order chi connectivity index (χ1) is 13.3. The summed E-state index contributed by atoms with van der Waals surface area (Å²) in [5, 5.41) is 0. The van der Waals surface area contributed by atoms with Gasteiger partial charge in [-0.2, -0.15) is 13.2 Å². The third-order valence-corrected chi connectivity index (χ3v) is 5.41. The predicted octanol–water partition coefficient (Wildman–Crippen LogP) is 7.04. The summed E-state index contributed by atoms with van der Waals surface area (Å²) < 4.78 is 38.9. The van der Waals surface area contributed by atoms with Gasteiger partial charge in [-0.3, -0.25) is 0 Å². The Balaban J connectivity index is 2.14. The molecule has 0 aromatic heterocycles. The van der Waals surface area contributed by atoms with Crippen molar-refractivity contribution in [2.45, 2.75) is 44.7 Å². The molecule has 28 heavy (non-hydrogen) atoms. The zero-order valence-corrected chi connectivity index (χ0v) is 16.3. The first kappa shape index (κ1) is 20.2. The summed E-state index contributed by atoms with van der Waals surface area (Å²) in [7, 11) is 0. The monoisotopic (exact) mass is 382 g/mol. The Hall–Kier alpha value is -2.55. The van der Waals surface area contributed by atoms with E-state index in [1.165, 1.54) is 5.56 Å². The molecule has 3 aromatic rings. The summed E-state index contributed by atoms with van der Waals surface area (Å²) in [4.78, 5) is 0. The second-order valence-electron chi connectivity index (χ2n) is 7.46. The molecule has 0 radical (unpaired) electrons. The van der Waals surface area contributed by atoms with Crippen LogP contribution in [0.15, 0.2) is 78.9 Å². The van der Waals surface area contributed by atoms with Crippen LogP contribution in [0.3, 0.4) is 0 Å². The van der Waals surface area contributed by atoms with Crippen LogP contribution in [0.2, 0.25) is 0 Å². The van der Waals surface area contributed by atoms with Crippen molar-refractivity contribution in [1.82, 2.24) is 0 Å². The summed E-state index contributed by atoms with van der Waals surface area (Å²) in [6, 6.07) is 25.5. The Morgan fingerprint density at radius 2 is 1.29 bits per heavy atom. The fourth-order valence-electron chi connectivity index (χ4n) is 4.00. The van der Waals surface area contributed by atoms with Crippen molar-refractivity contribution < 1.29 is 13.2 Å². The van der Waals surface area contributed by atoms with E-state index in [0.717, 1.165) is 29.5 Å². The molecule has 0 N–H and O–H groups in total. The van der Waals surface area contributed by atoms with Gasteiger partial charge in [-0.05, 0) is 42.0 Å². The van der Waals surface area contributed by atoms with Gasteiger partial charge >= 0.3 is 6.18 Å². The largest absolute Gasteiger partial charge is 0.393 e. The molecular formula is C25H25F3. The Kier molecular flexibility index (Phi) is 5.93. The highest BCUT2D eigenvalue weighted by molar-refractivity contribution is 5.44. The summed E-state index contributed by atoms with van der Waals surface area (Å²) in [6.07, 6.45) is -3.58. The van der Waals surface area contributed by atoms with Gasteiger partial charge < -0.3 is 0 Å². The lowest BCUT2D eigenvalue weighted by Crippen LogP contribution is -2.30. The van der Waals surface area contributed by atoms with Gasteiger partial charge in [0, 0.05) is 5.41 Å². The van der Waals surface area contributed by atoms with Crippen molar-refractivity contribution in [3.63, 3.8) is 0 Å². The van der Waals surface area contributed by atoms with E-state index in [0.29, 0.717) is 5.56 Å². The maximum Gasteiger partial charge on any atom is 0.393 e. The standard InChI is InChI=1S/C25H25F3/c1-3-24(17-20-10-5-4-6-11-20,22-13-7-9-19(2)15-22)23-14-8-12-21(16-23)18-25(26,27)28/h4-16H,3,17-18H2,1-2H3. The number of rotatable bonds is 6. The third-order valence-electron chi connectivity index (χ3n) is 5.41. The number of hydrogen-bond donors (Lipinski definition) is 0. The maximum absolute atomic E-state index is 13.0. The maximum atomic E-state index is 13.0. The van der Waals surface area contributed by atoms with E-state index in [4.69, 9.17) is 0 Å². The molecule has 0 bridgehead atoms. The molecule has 0 saturated heterocycles. The molecule has 146 valence electrons. The lowest BCUT2D eigenvalue weighted by atomic mass is 9.68. The molecule has 0 spiro atoms. The van der Waals surface area contributed by atoms with Gasteiger partial charge in [-0.1, -0.05) is 91.3 Å². The van der Waals surface area contributed by atoms with Gasteiger partial charge in [-0.25, -0.2) is 0 Å². The van der Waals surface area contributed by atoms with Crippen molar-refractivity contribution >= 4 is 0 Å². The molecular weight excluding hydrogens is 357 g/mol. The van der Waals surface area contributed by atoms with Crippen LogP contribution in [0.5, 0.6) is 0 Å². The number of benzene rings is 3. The van der Waals surface area contributed by atoms with E-state index in [9.17, 15) is 13.2 Å².